The van der Waals surface area contributed by atoms with E-state index in [4.69, 9.17) is 4.74 Å². The van der Waals surface area contributed by atoms with Gasteiger partial charge in [0, 0.05) is 38.5 Å². The van der Waals surface area contributed by atoms with Gasteiger partial charge in [-0.05, 0) is 31.4 Å². The lowest BCUT2D eigenvalue weighted by Crippen LogP contribution is -2.52. The summed E-state index contributed by atoms with van der Waals surface area (Å²) in [4.78, 5) is 16.7. The number of hydrogen-bond acceptors (Lipinski definition) is 3. The van der Waals surface area contributed by atoms with Crippen molar-refractivity contribution >= 4 is 11.6 Å². The van der Waals surface area contributed by atoms with Crippen LogP contribution in [0, 0.1) is 0 Å². The molecule has 3 rings (SSSR count). The van der Waals surface area contributed by atoms with Crippen molar-refractivity contribution < 1.29 is 9.53 Å². The van der Waals surface area contributed by atoms with Gasteiger partial charge in [0.1, 0.15) is 6.10 Å². The summed E-state index contributed by atoms with van der Waals surface area (Å²) in [5.41, 5.74) is 1.24. The number of carbonyl (C=O) groups excluding carboxylic acids is 1. The maximum atomic E-state index is 12.4. The minimum absolute atomic E-state index is 0.188. The Hall–Kier alpha value is -1.55. The van der Waals surface area contributed by atoms with Gasteiger partial charge in [0.25, 0.3) is 5.91 Å². The molecule has 2 heterocycles. The molecule has 0 radical (unpaired) electrons. The Morgan fingerprint density at radius 2 is 1.80 bits per heavy atom. The number of nitrogens with zero attached hydrogens (tertiary/aromatic N) is 2. The van der Waals surface area contributed by atoms with E-state index in [1.54, 1.807) is 0 Å². The van der Waals surface area contributed by atoms with E-state index in [9.17, 15) is 4.79 Å². The van der Waals surface area contributed by atoms with Crippen molar-refractivity contribution in [2.24, 2.45) is 0 Å². The molecule has 2 saturated heterocycles. The predicted octanol–water partition coefficient (Wildman–Crippen LogP) is 1.90. The Bertz CT molecular complexity index is 435. The van der Waals surface area contributed by atoms with Crippen LogP contribution in [0.1, 0.15) is 19.3 Å². The van der Waals surface area contributed by atoms with Crippen LogP contribution in [0.2, 0.25) is 0 Å². The molecule has 0 aromatic heterocycles. The molecule has 1 aromatic carbocycles. The minimum atomic E-state index is -0.188. The van der Waals surface area contributed by atoms with E-state index in [2.05, 4.69) is 29.2 Å². The van der Waals surface area contributed by atoms with Crippen LogP contribution in [0.4, 0.5) is 5.69 Å². The van der Waals surface area contributed by atoms with Gasteiger partial charge in [-0.3, -0.25) is 4.79 Å². The molecule has 0 spiro atoms. The SMILES string of the molecule is O=C(C1CCCCO1)N1CCN(c2ccccc2)CC1. The first-order valence-corrected chi connectivity index (χ1v) is 7.55. The van der Waals surface area contributed by atoms with Crippen molar-refractivity contribution in [1.82, 2.24) is 4.90 Å². The largest absolute Gasteiger partial charge is 0.368 e. The first-order valence-electron chi connectivity index (χ1n) is 7.55. The number of hydrogen-bond donors (Lipinski definition) is 0. The molecule has 1 amide bonds. The Balaban J connectivity index is 1.54. The second kappa shape index (κ2) is 6.27. The summed E-state index contributed by atoms with van der Waals surface area (Å²) in [5, 5.41) is 0. The molecular weight excluding hydrogens is 252 g/mol. The van der Waals surface area contributed by atoms with Crippen molar-refractivity contribution in [1.29, 1.82) is 0 Å². The maximum absolute atomic E-state index is 12.4. The number of para-hydroxylation sites is 1. The molecule has 1 unspecified atom stereocenters. The second-order valence-corrected chi connectivity index (χ2v) is 5.50. The summed E-state index contributed by atoms with van der Waals surface area (Å²) in [6.45, 7) is 4.15. The lowest BCUT2D eigenvalue weighted by molar-refractivity contribution is -0.146. The highest BCUT2D eigenvalue weighted by Gasteiger charge is 2.29. The van der Waals surface area contributed by atoms with Crippen LogP contribution in [0.3, 0.4) is 0 Å². The molecule has 0 bridgehead atoms. The summed E-state index contributed by atoms with van der Waals surface area (Å²) in [6.07, 6.45) is 2.90. The van der Waals surface area contributed by atoms with Gasteiger partial charge in [0.15, 0.2) is 0 Å². The van der Waals surface area contributed by atoms with Crippen LogP contribution in [0.25, 0.3) is 0 Å². The van der Waals surface area contributed by atoms with Crippen molar-refractivity contribution in [2.45, 2.75) is 25.4 Å². The van der Waals surface area contributed by atoms with Crippen LogP contribution >= 0.6 is 0 Å². The molecule has 4 nitrogen and oxygen atoms in total. The van der Waals surface area contributed by atoms with E-state index in [1.165, 1.54) is 5.69 Å². The van der Waals surface area contributed by atoms with Crippen LogP contribution in [0.5, 0.6) is 0 Å². The first kappa shape index (κ1) is 13.4. The molecule has 108 valence electrons. The summed E-state index contributed by atoms with van der Waals surface area (Å²) in [6, 6.07) is 10.4. The van der Waals surface area contributed by atoms with Crippen LogP contribution in [-0.2, 0) is 9.53 Å². The molecule has 0 aliphatic carbocycles. The van der Waals surface area contributed by atoms with Crippen LogP contribution in [0.15, 0.2) is 30.3 Å². The summed E-state index contributed by atoms with van der Waals surface area (Å²) in [5.74, 6) is 0.192. The highest BCUT2D eigenvalue weighted by Crippen LogP contribution is 2.19. The fraction of sp³-hybridized carbons (Fsp3) is 0.562. The van der Waals surface area contributed by atoms with E-state index in [-0.39, 0.29) is 12.0 Å². The van der Waals surface area contributed by atoms with E-state index < -0.39 is 0 Å². The normalized spacial score (nSPS) is 23.7. The van der Waals surface area contributed by atoms with E-state index in [1.807, 2.05) is 11.0 Å². The van der Waals surface area contributed by atoms with Gasteiger partial charge in [0.2, 0.25) is 0 Å². The highest BCUT2D eigenvalue weighted by molar-refractivity contribution is 5.81. The Labute approximate surface area is 120 Å². The molecule has 1 atom stereocenters. The molecule has 4 heteroatoms. The number of benzene rings is 1. The van der Waals surface area contributed by atoms with Gasteiger partial charge in [-0.15, -0.1) is 0 Å². The smallest absolute Gasteiger partial charge is 0.251 e. The Kier molecular flexibility index (Phi) is 4.21. The Morgan fingerprint density at radius 1 is 1.05 bits per heavy atom. The average Bonchev–Trinajstić information content (AvgIpc) is 2.56. The summed E-state index contributed by atoms with van der Waals surface area (Å²) >= 11 is 0. The standard InChI is InChI=1S/C16H22N2O2/c19-16(15-8-4-5-13-20-15)18-11-9-17(10-12-18)14-6-2-1-3-7-14/h1-3,6-7,15H,4-5,8-13H2. The molecule has 20 heavy (non-hydrogen) atoms. The Morgan fingerprint density at radius 3 is 2.45 bits per heavy atom. The average molecular weight is 274 g/mol. The minimum Gasteiger partial charge on any atom is -0.368 e. The van der Waals surface area contributed by atoms with Gasteiger partial charge in [-0.25, -0.2) is 0 Å². The topological polar surface area (TPSA) is 32.8 Å². The number of carbonyl (C=O) groups is 1. The number of piperazine rings is 1. The maximum Gasteiger partial charge on any atom is 0.251 e. The van der Waals surface area contributed by atoms with Gasteiger partial charge < -0.3 is 14.5 Å². The molecule has 0 saturated carbocycles. The van der Waals surface area contributed by atoms with Crippen molar-refractivity contribution in [3.63, 3.8) is 0 Å². The van der Waals surface area contributed by atoms with E-state index in [0.29, 0.717) is 0 Å². The molecule has 1 aromatic rings. The van der Waals surface area contributed by atoms with Gasteiger partial charge in [-0.2, -0.15) is 0 Å². The predicted molar refractivity (Wildman–Crippen MR) is 78.8 cm³/mol. The second-order valence-electron chi connectivity index (χ2n) is 5.50. The fourth-order valence-corrected chi connectivity index (χ4v) is 2.96. The van der Waals surface area contributed by atoms with E-state index >= 15 is 0 Å². The monoisotopic (exact) mass is 274 g/mol. The van der Waals surface area contributed by atoms with Gasteiger partial charge >= 0.3 is 0 Å². The zero-order valence-electron chi connectivity index (χ0n) is 11.8. The third kappa shape index (κ3) is 2.96. The van der Waals surface area contributed by atoms with Gasteiger partial charge in [0.05, 0.1) is 0 Å². The zero-order chi connectivity index (χ0) is 13.8. The number of anilines is 1. The van der Waals surface area contributed by atoms with Crippen LogP contribution < -0.4 is 4.90 Å². The number of rotatable bonds is 2. The molecule has 2 aliphatic rings. The van der Waals surface area contributed by atoms with E-state index in [0.717, 1.165) is 52.0 Å². The number of ether oxygens (including phenoxy) is 1. The number of amides is 1. The quantitative estimate of drug-likeness (QED) is 0.826. The lowest BCUT2D eigenvalue weighted by Gasteiger charge is -2.38. The third-order valence-electron chi connectivity index (χ3n) is 4.17. The molecule has 0 N–H and O–H groups in total. The summed E-state index contributed by atoms with van der Waals surface area (Å²) in [7, 11) is 0. The van der Waals surface area contributed by atoms with Crippen molar-refractivity contribution in [2.75, 3.05) is 37.7 Å². The van der Waals surface area contributed by atoms with Gasteiger partial charge in [-0.1, -0.05) is 18.2 Å². The molecule has 2 aliphatic heterocycles. The molecule has 2 fully saturated rings. The summed E-state index contributed by atoms with van der Waals surface area (Å²) < 4.78 is 5.60. The third-order valence-corrected chi connectivity index (χ3v) is 4.17. The first-order chi connectivity index (χ1) is 9.84. The molecular formula is C16H22N2O2. The van der Waals surface area contributed by atoms with Crippen molar-refractivity contribution in [3.05, 3.63) is 30.3 Å². The fourth-order valence-electron chi connectivity index (χ4n) is 2.96. The van der Waals surface area contributed by atoms with Crippen LogP contribution in [-0.4, -0.2) is 49.7 Å². The lowest BCUT2D eigenvalue weighted by atomic mass is 10.1. The highest BCUT2D eigenvalue weighted by atomic mass is 16.5. The zero-order valence-corrected chi connectivity index (χ0v) is 11.8. The van der Waals surface area contributed by atoms with Crippen molar-refractivity contribution in [3.8, 4) is 0 Å².